The average molecular weight is 467 g/mol. The molecule has 0 fully saturated rings. The van der Waals surface area contributed by atoms with Crippen molar-refractivity contribution in [3.8, 4) is 11.1 Å². The van der Waals surface area contributed by atoms with Gasteiger partial charge in [-0.2, -0.15) is 0 Å². The maximum Gasteiger partial charge on any atom is 0.251 e. The lowest BCUT2D eigenvalue weighted by Crippen LogP contribution is -2.24. The number of pyridine rings is 1. The van der Waals surface area contributed by atoms with E-state index in [-0.39, 0.29) is 18.1 Å². The zero-order valence-corrected chi connectivity index (χ0v) is 20.1. The minimum absolute atomic E-state index is 0.125. The van der Waals surface area contributed by atoms with Gasteiger partial charge in [0.25, 0.3) is 5.91 Å². The molecule has 2 aromatic carbocycles. The number of aryl methyl sites for hydroxylation is 4. The number of hydrogen-bond acceptors (Lipinski definition) is 6. The Morgan fingerprint density at radius 1 is 0.943 bits per heavy atom. The summed E-state index contributed by atoms with van der Waals surface area (Å²) in [6, 6.07) is 14.1. The van der Waals surface area contributed by atoms with Gasteiger partial charge in [0.2, 0.25) is 0 Å². The number of amides is 1. The van der Waals surface area contributed by atoms with Gasteiger partial charge in [0.05, 0.1) is 5.69 Å². The number of nitrogens with one attached hydrogen (secondary N) is 1. The SMILES string of the molecule is Cc1cc(N)nc(C)c1CNC(=O)c1ccc2c(c1)C1OC2c2cc(-c3c(C)noc3C)ccc21. The molecule has 1 amide bonds. The van der Waals surface area contributed by atoms with E-state index in [0.717, 1.165) is 56.1 Å². The first-order valence-corrected chi connectivity index (χ1v) is 11.7. The van der Waals surface area contributed by atoms with Gasteiger partial charge in [-0.1, -0.05) is 23.4 Å². The Labute approximate surface area is 203 Å². The van der Waals surface area contributed by atoms with E-state index >= 15 is 0 Å². The van der Waals surface area contributed by atoms with Crippen LogP contribution < -0.4 is 11.1 Å². The van der Waals surface area contributed by atoms with Crippen LogP contribution in [-0.4, -0.2) is 16.0 Å². The topological polar surface area (TPSA) is 103 Å². The summed E-state index contributed by atoms with van der Waals surface area (Å²) in [4.78, 5) is 17.3. The highest BCUT2D eigenvalue weighted by atomic mass is 16.5. The molecule has 3 N–H and O–H groups in total. The quantitative estimate of drug-likeness (QED) is 0.438. The van der Waals surface area contributed by atoms with Crippen molar-refractivity contribution in [1.29, 1.82) is 0 Å². The Morgan fingerprint density at radius 3 is 2.34 bits per heavy atom. The largest absolute Gasteiger partial charge is 0.384 e. The minimum atomic E-state index is -0.165. The molecule has 0 spiro atoms. The van der Waals surface area contributed by atoms with Crippen molar-refractivity contribution in [2.45, 2.75) is 46.4 Å². The molecule has 0 saturated heterocycles. The summed E-state index contributed by atoms with van der Waals surface area (Å²) >= 11 is 0. The normalized spacial score (nSPS) is 17.4. The predicted octanol–water partition coefficient (Wildman–Crippen LogP) is 5.00. The predicted molar refractivity (Wildman–Crippen MR) is 132 cm³/mol. The third-order valence-electron chi connectivity index (χ3n) is 7.16. The van der Waals surface area contributed by atoms with E-state index in [0.29, 0.717) is 17.9 Å². The van der Waals surface area contributed by atoms with E-state index in [9.17, 15) is 4.79 Å². The molecule has 4 heterocycles. The summed E-state index contributed by atoms with van der Waals surface area (Å²) in [6.45, 7) is 8.17. The van der Waals surface area contributed by atoms with Crippen LogP contribution in [0.5, 0.6) is 0 Å². The van der Waals surface area contributed by atoms with E-state index in [2.05, 4.69) is 33.7 Å². The molecule has 0 radical (unpaired) electrons. The molecular weight excluding hydrogens is 440 g/mol. The number of carbonyl (C=O) groups excluding carboxylic acids is 1. The van der Waals surface area contributed by atoms with Gasteiger partial charge in [-0.05, 0) is 90.9 Å². The van der Waals surface area contributed by atoms with Crippen molar-refractivity contribution in [3.63, 3.8) is 0 Å². The van der Waals surface area contributed by atoms with Crippen LogP contribution in [0.4, 0.5) is 5.82 Å². The van der Waals surface area contributed by atoms with Gasteiger partial charge in [-0.25, -0.2) is 4.98 Å². The monoisotopic (exact) mass is 466 g/mol. The number of nitrogens with zero attached hydrogens (tertiary/aromatic N) is 2. The van der Waals surface area contributed by atoms with Crippen LogP contribution in [0.1, 0.15) is 73.1 Å². The second-order valence-corrected chi connectivity index (χ2v) is 9.39. The van der Waals surface area contributed by atoms with Crippen LogP contribution in [-0.2, 0) is 11.3 Å². The van der Waals surface area contributed by atoms with Crippen molar-refractivity contribution >= 4 is 11.7 Å². The second-order valence-electron chi connectivity index (χ2n) is 9.39. The fourth-order valence-corrected chi connectivity index (χ4v) is 5.46. The average Bonchev–Trinajstić information content (AvgIpc) is 3.49. The van der Waals surface area contributed by atoms with Gasteiger partial charge >= 0.3 is 0 Å². The molecule has 2 atom stereocenters. The van der Waals surface area contributed by atoms with Crippen LogP contribution in [0.3, 0.4) is 0 Å². The zero-order chi connectivity index (χ0) is 24.4. The van der Waals surface area contributed by atoms with Gasteiger partial charge in [0.15, 0.2) is 0 Å². The van der Waals surface area contributed by atoms with Crippen molar-refractivity contribution in [2.75, 3.05) is 5.73 Å². The Hall–Kier alpha value is -3.97. The highest BCUT2D eigenvalue weighted by Gasteiger charge is 2.43. The first-order chi connectivity index (χ1) is 16.8. The number of fused-ring (bicyclic) bond motifs is 8. The number of carbonyl (C=O) groups is 1. The van der Waals surface area contributed by atoms with Crippen molar-refractivity contribution in [1.82, 2.24) is 15.5 Å². The molecule has 2 bridgehead atoms. The lowest BCUT2D eigenvalue weighted by molar-refractivity contribution is 0.0857. The molecule has 0 saturated carbocycles. The standard InChI is InChI=1S/C28H26N4O3/c1-13-9-24(29)31-14(2)23(13)12-30-28(33)18-6-8-20-22(11-18)27-19-7-5-17(10-21(19)26(20)34-27)25-15(3)32-35-16(25)4/h5-11,26-27H,12H2,1-4H3,(H2,29,31)(H,30,33). The number of aromatic nitrogens is 2. The first kappa shape index (κ1) is 21.6. The van der Waals surface area contributed by atoms with E-state index in [4.69, 9.17) is 15.0 Å². The molecule has 0 aliphatic carbocycles. The third-order valence-corrected chi connectivity index (χ3v) is 7.16. The first-order valence-electron chi connectivity index (χ1n) is 11.7. The molecule has 2 unspecified atom stereocenters. The van der Waals surface area contributed by atoms with E-state index in [1.807, 2.05) is 52.0 Å². The summed E-state index contributed by atoms with van der Waals surface area (Å²) in [7, 11) is 0. The number of ether oxygens (including phenoxy) is 1. The van der Waals surface area contributed by atoms with Gasteiger partial charge in [0.1, 0.15) is 23.8 Å². The van der Waals surface area contributed by atoms with Crippen LogP contribution in [0.15, 0.2) is 47.0 Å². The molecule has 2 aliphatic rings. The molecule has 2 aromatic heterocycles. The van der Waals surface area contributed by atoms with Crippen LogP contribution in [0.25, 0.3) is 11.1 Å². The Kier molecular flexibility index (Phi) is 4.79. The number of nitrogens with two attached hydrogens (primary N) is 1. The van der Waals surface area contributed by atoms with E-state index in [1.165, 1.54) is 5.56 Å². The number of rotatable bonds is 4. The van der Waals surface area contributed by atoms with Gasteiger partial charge in [-0.3, -0.25) is 4.79 Å². The number of benzene rings is 2. The summed E-state index contributed by atoms with van der Waals surface area (Å²) in [5.41, 5.74) is 16.7. The Balaban J connectivity index is 1.25. The molecule has 6 rings (SSSR count). The third kappa shape index (κ3) is 3.34. The number of nitrogen functional groups attached to an aromatic ring is 1. The summed E-state index contributed by atoms with van der Waals surface area (Å²) in [5.74, 6) is 1.17. The van der Waals surface area contributed by atoms with E-state index < -0.39 is 0 Å². The Morgan fingerprint density at radius 2 is 1.66 bits per heavy atom. The highest BCUT2D eigenvalue weighted by molar-refractivity contribution is 5.94. The fourth-order valence-electron chi connectivity index (χ4n) is 5.46. The maximum absolute atomic E-state index is 13.0. The minimum Gasteiger partial charge on any atom is -0.384 e. The van der Waals surface area contributed by atoms with Crippen molar-refractivity contribution < 1.29 is 14.1 Å². The summed E-state index contributed by atoms with van der Waals surface area (Å²) in [5, 5.41) is 7.12. The molecule has 2 aliphatic heterocycles. The number of anilines is 1. The second kappa shape index (κ2) is 7.78. The van der Waals surface area contributed by atoms with Gasteiger partial charge < -0.3 is 20.3 Å². The van der Waals surface area contributed by atoms with Crippen molar-refractivity contribution in [3.05, 3.63) is 98.6 Å². The molecule has 7 nitrogen and oxygen atoms in total. The molecule has 176 valence electrons. The number of hydrogen-bond donors (Lipinski definition) is 2. The lowest BCUT2D eigenvalue weighted by Gasteiger charge is -2.18. The summed E-state index contributed by atoms with van der Waals surface area (Å²) in [6.07, 6.45) is -0.295. The molecule has 35 heavy (non-hydrogen) atoms. The zero-order valence-electron chi connectivity index (χ0n) is 20.1. The van der Waals surface area contributed by atoms with Crippen LogP contribution in [0, 0.1) is 27.7 Å². The summed E-state index contributed by atoms with van der Waals surface area (Å²) < 4.78 is 11.7. The fraction of sp³-hybridized carbons (Fsp3) is 0.250. The molecular formula is C28H26N4O3. The van der Waals surface area contributed by atoms with Gasteiger partial charge in [0, 0.05) is 23.4 Å². The molecule has 4 aromatic rings. The smallest absolute Gasteiger partial charge is 0.251 e. The maximum atomic E-state index is 13.0. The van der Waals surface area contributed by atoms with Crippen LogP contribution in [0.2, 0.25) is 0 Å². The lowest BCUT2D eigenvalue weighted by atomic mass is 9.83. The highest BCUT2D eigenvalue weighted by Crippen LogP contribution is 2.55. The van der Waals surface area contributed by atoms with Gasteiger partial charge in [-0.15, -0.1) is 0 Å². The van der Waals surface area contributed by atoms with Crippen LogP contribution >= 0.6 is 0 Å². The Bertz CT molecular complexity index is 1480. The molecule has 7 heteroatoms. The van der Waals surface area contributed by atoms with E-state index in [1.54, 1.807) is 0 Å². The van der Waals surface area contributed by atoms with Crippen molar-refractivity contribution in [2.24, 2.45) is 0 Å².